The SMILES string of the molecule is O=C1S[C@H](Nc2cccc([N+](=O)[O-])c2)C(=O)N1c1ccc(F)cc1. The smallest absolute Gasteiger partial charge is 0.295 e. The van der Waals surface area contributed by atoms with Crippen molar-refractivity contribution in [3.8, 4) is 0 Å². The summed E-state index contributed by atoms with van der Waals surface area (Å²) in [6, 6.07) is 10.6. The summed E-state index contributed by atoms with van der Waals surface area (Å²) < 4.78 is 13.0. The summed E-state index contributed by atoms with van der Waals surface area (Å²) in [6.07, 6.45) is 0. The lowest BCUT2D eigenvalue weighted by molar-refractivity contribution is -0.384. The van der Waals surface area contributed by atoms with Gasteiger partial charge in [-0.15, -0.1) is 0 Å². The quantitative estimate of drug-likeness (QED) is 0.673. The van der Waals surface area contributed by atoms with Gasteiger partial charge >= 0.3 is 0 Å². The summed E-state index contributed by atoms with van der Waals surface area (Å²) in [5, 5.41) is 12.2. The Morgan fingerprint density at radius 3 is 2.54 bits per heavy atom. The zero-order valence-electron chi connectivity index (χ0n) is 12.0. The molecule has 9 heteroatoms. The molecule has 0 unspecified atom stereocenters. The van der Waals surface area contributed by atoms with Crippen molar-refractivity contribution < 1.29 is 18.9 Å². The van der Waals surface area contributed by atoms with Gasteiger partial charge in [-0.1, -0.05) is 6.07 Å². The summed E-state index contributed by atoms with van der Waals surface area (Å²) >= 11 is 0.753. The van der Waals surface area contributed by atoms with Gasteiger partial charge in [0.25, 0.3) is 16.8 Å². The second-order valence-electron chi connectivity index (χ2n) is 4.87. The highest BCUT2D eigenvalue weighted by Crippen LogP contribution is 2.33. The van der Waals surface area contributed by atoms with Crippen LogP contribution in [0.3, 0.4) is 0 Å². The number of rotatable bonds is 4. The average Bonchev–Trinajstić information content (AvgIpc) is 2.83. The number of non-ortho nitro benzene ring substituents is 1. The minimum atomic E-state index is -0.912. The van der Waals surface area contributed by atoms with Crippen molar-refractivity contribution in [1.82, 2.24) is 0 Å². The number of hydrogen-bond donors (Lipinski definition) is 1. The van der Waals surface area contributed by atoms with Crippen LogP contribution in [-0.4, -0.2) is 21.4 Å². The van der Waals surface area contributed by atoms with E-state index in [-0.39, 0.29) is 11.4 Å². The standard InChI is InChI=1S/C15H10FN3O4S/c16-9-4-6-11(7-5-9)18-14(20)13(24-15(18)21)17-10-2-1-3-12(8-10)19(22)23/h1-8,13,17H/t13-/m0/s1. The van der Waals surface area contributed by atoms with E-state index in [2.05, 4.69) is 5.32 Å². The second-order valence-corrected chi connectivity index (χ2v) is 5.92. The van der Waals surface area contributed by atoms with Crippen LogP contribution in [0.15, 0.2) is 48.5 Å². The van der Waals surface area contributed by atoms with Crippen LogP contribution in [0.2, 0.25) is 0 Å². The van der Waals surface area contributed by atoms with Crippen LogP contribution in [-0.2, 0) is 4.79 Å². The van der Waals surface area contributed by atoms with Gasteiger partial charge in [0.1, 0.15) is 5.82 Å². The first-order chi connectivity index (χ1) is 11.5. The molecule has 0 aromatic heterocycles. The first-order valence-corrected chi connectivity index (χ1v) is 7.65. The summed E-state index contributed by atoms with van der Waals surface area (Å²) in [7, 11) is 0. The highest BCUT2D eigenvalue weighted by atomic mass is 32.2. The van der Waals surface area contributed by atoms with E-state index in [1.807, 2.05) is 0 Å². The van der Waals surface area contributed by atoms with Crippen molar-refractivity contribution in [2.45, 2.75) is 5.37 Å². The molecule has 0 radical (unpaired) electrons. The van der Waals surface area contributed by atoms with Gasteiger partial charge in [0.2, 0.25) is 0 Å². The number of nitrogens with one attached hydrogen (secondary N) is 1. The van der Waals surface area contributed by atoms with Gasteiger partial charge in [-0.2, -0.15) is 0 Å². The molecule has 2 aromatic rings. The highest BCUT2D eigenvalue weighted by Gasteiger charge is 2.40. The Balaban J connectivity index is 1.80. The number of nitro benzene ring substituents is 1. The van der Waals surface area contributed by atoms with Crippen molar-refractivity contribution >= 4 is 40.0 Å². The molecule has 122 valence electrons. The molecule has 24 heavy (non-hydrogen) atoms. The van der Waals surface area contributed by atoms with E-state index in [1.54, 1.807) is 6.07 Å². The zero-order chi connectivity index (χ0) is 17.3. The van der Waals surface area contributed by atoms with Crippen molar-refractivity contribution in [3.63, 3.8) is 0 Å². The van der Waals surface area contributed by atoms with E-state index in [9.17, 15) is 24.1 Å². The molecule has 1 atom stereocenters. The molecule has 7 nitrogen and oxygen atoms in total. The summed E-state index contributed by atoms with van der Waals surface area (Å²) in [5.74, 6) is -1.00. The molecule has 1 fully saturated rings. The Labute approximate surface area is 139 Å². The van der Waals surface area contributed by atoms with Gasteiger partial charge < -0.3 is 5.32 Å². The normalized spacial score (nSPS) is 17.2. The lowest BCUT2D eigenvalue weighted by atomic mass is 10.2. The lowest BCUT2D eigenvalue weighted by Gasteiger charge is -2.14. The average molecular weight is 347 g/mol. The Hall–Kier alpha value is -2.94. The van der Waals surface area contributed by atoms with Gasteiger partial charge in [0.05, 0.1) is 10.6 Å². The number of carbonyl (C=O) groups is 2. The maximum absolute atomic E-state index is 13.0. The van der Waals surface area contributed by atoms with Gasteiger partial charge in [-0.25, -0.2) is 9.29 Å². The molecule has 2 aromatic carbocycles. The minimum Gasteiger partial charge on any atom is -0.365 e. The number of carbonyl (C=O) groups excluding carboxylic acids is 2. The summed E-state index contributed by atoms with van der Waals surface area (Å²) in [6.45, 7) is 0. The van der Waals surface area contributed by atoms with Crippen LogP contribution in [0.1, 0.15) is 0 Å². The van der Waals surface area contributed by atoms with Crippen LogP contribution in [0.25, 0.3) is 0 Å². The molecule has 1 N–H and O–H groups in total. The number of benzene rings is 2. The Morgan fingerprint density at radius 1 is 1.17 bits per heavy atom. The Kier molecular flexibility index (Phi) is 4.17. The van der Waals surface area contributed by atoms with Crippen LogP contribution >= 0.6 is 11.8 Å². The van der Waals surface area contributed by atoms with E-state index in [0.717, 1.165) is 28.8 Å². The van der Waals surface area contributed by atoms with Crippen LogP contribution < -0.4 is 10.2 Å². The summed E-state index contributed by atoms with van der Waals surface area (Å²) in [4.78, 5) is 35.7. The first-order valence-electron chi connectivity index (χ1n) is 6.77. The van der Waals surface area contributed by atoms with E-state index in [0.29, 0.717) is 5.69 Å². The minimum absolute atomic E-state index is 0.128. The van der Waals surface area contributed by atoms with E-state index in [4.69, 9.17) is 0 Å². The first kappa shape index (κ1) is 15.9. The third-order valence-corrected chi connectivity index (χ3v) is 4.22. The molecule has 0 spiro atoms. The van der Waals surface area contributed by atoms with E-state index >= 15 is 0 Å². The maximum Gasteiger partial charge on any atom is 0.295 e. The second kappa shape index (κ2) is 6.28. The number of nitro groups is 1. The molecule has 1 heterocycles. The third kappa shape index (κ3) is 3.06. The molecule has 1 aliphatic rings. The Morgan fingerprint density at radius 2 is 1.88 bits per heavy atom. The number of halogens is 1. The number of imide groups is 1. The molecule has 3 rings (SSSR count). The van der Waals surface area contributed by atoms with Crippen LogP contribution in [0.4, 0.5) is 26.2 Å². The molecule has 0 saturated carbocycles. The van der Waals surface area contributed by atoms with E-state index < -0.39 is 27.3 Å². The monoisotopic (exact) mass is 347 g/mol. The van der Waals surface area contributed by atoms with Crippen molar-refractivity contribution in [3.05, 3.63) is 64.5 Å². The fourth-order valence-corrected chi connectivity index (χ4v) is 3.09. The van der Waals surface area contributed by atoms with Gasteiger partial charge in [-0.05, 0) is 42.1 Å². The predicted molar refractivity (Wildman–Crippen MR) is 87.4 cm³/mol. The lowest BCUT2D eigenvalue weighted by Crippen LogP contribution is -2.34. The van der Waals surface area contributed by atoms with Crippen LogP contribution in [0.5, 0.6) is 0 Å². The zero-order valence-corrected chi connectivity index (χ0v) is 12.8. The number of hydrogen-bond acceptors (Lipinski definition) is 6. The molecular weight excluding hydrogens is 337 g/mol. The molecule has 1 aliphatic heterocycles. The molecule has 0 bridgehead atoms. The van der Waals surface area contributed by atoms with Crippen molar-refractivity contribution in [2.75, 3.05) is 10.2 Å². The van der Waals surface area contributed by atoms with Gasteiger partial charge in [-0.3, -0.25) is 19.7 Å². The fourth-order valence-electron chi connectivity index (χ4n) is 2.19. The topological polar surface area (TPSA) is 92.5 Å². The highest BCUT2D eigenvalue weighted by molar-refractivity contribution is 8.16. The van der Waals surface area contributed by atoms with Gasteiger partial charge in [0.15, 0.2) is 5.37 Å². The fraction of sp³-hybridized carbons (Fsp3) is 0.0667. The number of nitrogens with zero attached hydrogens (tertiary/aromatic N) is 2. The van der Waals surface area contributed by atoms with Crippen LogP contribution in [0, 0.1) is 15.9 Å². The molecule has 0 aliphatic carbocycles. The molecular formula is C15H10FN3O4S. The summed E-state index contributed by atoms with van der Waals surface area (Å²) in [5.41, 5.74) is 0.489. The molecule has 2 amide bonds. The largest absolute Gasteiger partial charge is 0.365 e. The predicted octanol–water partition coefficient (Wildman–Crippen LogP) is 3.37. The number of amides is 2. The van der Waals surface area contributed by atoms with E-state index in [1.165, 1.54) is 30.3 Å². The maximum atomic E-state index is 13.0. The van der Waals surface area contributed by atoms with Crippen molar-refractivity contribution in [2.24, 2.45) is 0 Å². The molecule has 1 saturated heterocycles. The number of anilines is 2. The number of thioether (sulfide) groups is 1. The Bertz CT molecular complexity index is 828. The third-order valence-electron chi connectivity index (χ3n) is 3.29. The van der Waals surface area contributed by atoms with Gasteiger partial charge in [0, 0.05) is 17.8 Å². The van der Waals surface area contributed by atoms with Crippen molar-refractivity contribution in [1.29, 1.82) is 0 Å².